The molecule has 4 rings (SSSR count). The summed E-state index contributed by atoms with van der Waals surface area (Å²) in [5, 5.41) is 4.03. The fourth-order valence-electron chi connectivity index (χ4n) is 2.93. The average Bonchev–Trinajstić information content (AvgIpc) is 3.11. The summed E-state index contributed by atoms with van der Waals surface area (Å²) < 4.78 is 6.81. The minimum absolute atomic E-state index is 0.0101. The molecule has 25 heavy (non-hydrogen) atoms. The lowest BCUT2D eigenvalue weighted by Gasteiger charge is -2.21. The Balaban J connectivity index is 1.38. The summed E-state index contributed by atoms with van der Waals surface area (Å²) in [7, 11) is 0. The normalized spacial score (nSPS) is 17.5. The second-order valence-corrected chi connectivity index (χ2v) is 7.22. The first-order valence-electron chi connectivity index (χ1n) is 8.49. The van der Waals surface area contributed by atoms with Gasteiger partial charge in [-0.1, -0.05) is 18.2 Å². The molecule has 0 spiro atoms. The monoisotopic (exact) mass is 353 g/mol. The number of thiophene rings is 1. The number of hydrogen-bond donors (Lipinski definition) is 1. The Morgan fingerprint density at radius 3 is 2.84 bits per heavy atom. The Kier molecular flexibility index (Phi) is 4.72. The Hall–Kier alpha value is -2.31. The predicted molar refractivity (Wildman–Crippen MR) is 97.6 cm³/mol. The van der Waals surface area contributed by atoms with Gasteiger partial charge in [0.05, 0.1) is 4.88 Å². The van der Waals surface area contributed by atoms with E-state index in [4.69, 9.17) is 4.74 Å². The molecule has 1 aromatic carbocycles. The van der Waals surface area contributed by atoms with Crippen LogP contribution in [-0.4, -0.2) is 22.5 Å². The van der Waals surface area contributed by atoms with Gasteiger partial charge in [0, 0.05) is 35.8 Å². The van der Waals surface area contributed by atoms with Crippen LogP contribution >= 0.6 is 11.3 Å². The highest BCUT2D eigenvalue weighted by molar-refractivity contribution is 7.20. The molecular weight excluding hydrogens is 334 g/mol. The molecule has 3 heterocycles. The maximum atomic E-state index is 12.3. The molecular formula is C19H19N3O2S. The molecule has 6 heteroatoms. The summed E-state index contributed by atoms with van der Waals surface area (Å²) in [6, 6.07) is 9.93. The van der Waals surface area contributed by atoms with Crippen molar-refractivity contribution in [2.24, 2.45) is 0 Å². The van der Waals surface area contributed by atoms with Crippen LogP contribution in [0.15, 0.2) is 42.7 Å². The second kappa shape index (κ2) is 7.29. The van der Waals surface area contributed by atoms with Gasteiger partial charge in [-0.05, 0) is 36.8 Å². The van der Waals surface area contributed by atoms with Crippen LogP contribution in [0.3, 0.4) is 0 Å². The maximum absolute atomic E-state index is 12.3. The first-order chi connectivity index (χ1) is 12.3. The number of aromatic nitrogens is 2. The summed E-state index contributed by atoms with van der Waals surface area (Å²) in [6.07, 6.45) is 6.79. The molecule has 1 fully saturated rings. The van der Waals surface area contributed by atoms with Crippen LogP contribution in [-0.2, 0) is 11.3 Å². The van der Waals surface area contributed by atoms with Crippen molar-refractivity contribution in [3.8, 4) is 0 Å². The number of hydrogen-bond acceptors (Lipinski definition) is 5. The summed E-state index contributed by atoms with van der Waals surface area (Å²) in [4.78, 5) is 21.9. The number of ether oxygens (including phenoxy) is 1. The highest BCUT2D eigenvalue weighted by Crippen LogP contribution is 2.26. The van der Waals surface area contributed by atoms with E-state index in [9.17, 15) is 4.79 Å². The molecule has 5 nitrogen and oxygen atoms in total. The van der Waals surface area contributed by atoms with E-state index in [1.807, 2.05) is 30.3 Å². The van der Waals surface area contributed by atoms with Gasteiger partial charge in [0.1, 0.15) is 6.10 Å². The van der Waals surface area contributed by atoms with Crippen LogP contribution in [0.1, 0.15) is 46.4 Å². The molecule has 1 amide bonds. The molecule has 1 N–H and O–H groups in total. The zero-order chi connectivity index (χ0) is 17.1. The first-order valence-corrected chi connectivity index (χ1v) is 9.30. The Labute approximate surface area is 150 Å². The molecule has 0 saturated carbocycles. The fourth-order valence-corrected chi connectivity index (χ4v) is 3.91. The van der Waals surface area contributed by atoms with Crippen LogP contribution in [0.4, 0.5) is 0 Å². The van der Waals surface area contributed by atoms with Gasteiger partial charge in [0.2, 0.25) is 0 Å². The van der Waals surface area contributed by atoms with Gasteiger partial charge in [-0.15, -0.1) is 11.3 Å². The van der Waals surface area contributed by atoms with Gasteiger partial charge >= 0.3 is 0 Å². The van der Waals surface area contributed by atoms with Gasteiger partial charge < -0.3 is 10.1 Å². The third-order valence-electron chi connectivity index (χ3n) is 4.30. The molecule has 0 aliphatic carbocycles. The van der Waals surface area contributed by atoms with Gasteiger partial charge in [-0.3, -0.25) is 4.79 Å². The van der Waals surface area contributed by atoms with Crippen molar-refractivity contribution in [3.63, 3.8) is 0 Å². The number of fused-ring (bicyclic) bond motifs is 1. The molecule has 128 valence electrons. The highest BCUT2D eigenvalue weighted by atomic mass is 32.1. The highest BCUT2D eigenvalue weighted by Gasteiger charge is 2.18. The van der Waals surface area contributed by atoms with Gasteiger partial charge in [-0.2, -0.15) is 0 Å². The van der Waals surface area contributed by atoms with Crippen molar-refractivity contribution in [1.29, 1.82) is 0 Å². The van der Waals surface area contributed by atoms with Crippen LogP contribution in [0, 0.1) is 0 Å². The second-order valence-electron chi connectivity index (χ2n) is 6.14. The third kappa shape index (κ3) is 3.70. The molecule has 1 aliphatic heterocycles. The smallest absolute Gasteiger partial charge is 0.261 e. The van der Waals surface area contributed by atoms with Crippen molar-refractivity contribution in [1.82, 2.24) is 15.3 Å². The number of carbonyl (C=O) groups excluding carboxylic acids is 1. The lowest BCUT2D eigenvalue weighted by Crippen LogP contribution is -2.22. The van der Waals surface area contributed by atoms with Crippen LogP contribution < -0.4 is 5.32 Å². The number of nitrogens with zero attached hydrogens (tertiary/aromatic N) is 2. The van der Waals surface area contributed by atoms with Crippen molar-refractivity contribution in [2.75, 3.05) is 6.61 Å². The van der Waals surface area contributed by atoms with E-state index in [1.54, 1.807) is 12.4 Å². The molecule has 2 aromatic heterocycles. The molecule has 0 bridgehead atoms. The average molecular weight is 353 g/mol. The lowest BCUT2D eigenvalue weighted by atomic mass is 10.1. The number of carbonyl (C=O) groups is 1. The van der Waals surface area contributed by atoms with E-state index in [2.05, 4.69) is 15.3 Å². The molecule has 0 radical (unpaired) electrons. The van der Waals surface area contributed by atoms with Gasteiger partial charge in [-0.25, -0.2) is 9.97 Å². The van der Waals surface area contributed by atoms with E-state index in [1.165, 1.54) is 11.3 Å². The van der Waals surface area contributed by atoms with E-state index in [0.717, 1.165) is 47.3 Å². The zero-order valence-corrected chi connectivity index (χ0v) is 14.6. The molecule has 1 aliphatic rings. The van der Waals surface area contributed by atoms with Crippen molar-refractivity contribution in [2.45, 2.75) is 31.9 Å². The van der Waals surface area contributed by atoms with E-state index in [0.29, 0.717) is 11.4 Å². The summed E-state index contributed by atoms with van der Waals surface area (Å²) in [6.45, 7) is 1.19. The summed E-state index contributed by atoms with van der Waals surface area (Å²) in [5.74, 6) is 0.667. The number of benzene rings is 1. The fraction of sp³-hybridized carbons (Fsp3) is 0.316. The van der Waals surface area contributed by atoms with Crippen LogP contribution in [0.2, 0.25) is 0 Å². The Morgan fingerprint density at radius 2 is 2.08 bits per heavy atom. The van der Waals surface area contributed by atoms with E-state index >= 15 is 0 Å². The van der Waals surface area contributed by atoms with Gasteiger partial charge in [0.15, 0.2) is 5.82 Å². The number of amides is 1. The SMILES string of the molecule is O=C(NCc1cnc([C@@H]2CCCCO2)nc1)c1cc2ccccc2s1. The predicted octanol–water partition coefficient (Wildman–Crippen LogP) is 3.86. The first kappa shape index (κ1) is 16.2. The van der Waals surface area contributed by atoms with E-state index in [-0.39, 0.29) is 12.0 Å². The van der Waals surface area contributed by atoms with Crippen LogP contribution in [0.25, 0.3) is 10.1 Å². The van der Waals surface area contributed by atoms with E-state index < -0.39 is 0 Å². The quantitative estimate of drug-likeness (QED) is 0.773. The van der Waals surface area contributed by atoms with Crippen molar-refractivity contribution >= 4 is 27.3 Å². The zero-order valence-electron chi connectivity index (χ0n) is 13.8. The van der Waals surface area contributed by atoms with Crippen LogP contribution in [0.5, 0.6) is 0 Å². The molecule has 1 atom stereocenters. The largest absolute Gasteiger partial charge is 0.370 e. The van der Waals surface area contributed by atoms with Crippen molar-refractivity contribution in [3.05, 3.63) is 59.0 Å². The Bertz CT molecular complexity index is 837. The number of nitrogens with one attached hydrogen (secondary N) is 1. The van der Waals surface area contributed by atoms with Crippen molar-refractivity contribution < 1.29 is 9.53 Å². The standard InChI is InChI=1S/C19H19N3O2S/c23-19(17-9-14-5-1-2-7-16(14)25-17)22-12-13-10-20-18(21-11-13)15-6-3-4-8-24-15/h1-2,5,7,9-11,15H,3-4,6,8,12H2,(H,22,23)/t15-/m0/s1. The summed E-state index contributed by atoms with van der Waals surface area (Å²) >= 11 is 1.50. The minimum atomic E-state index is -0.0686. The lowest BCUT2D eigenvalue weighted by molar-refractivity contribution is 0.00940. The molecule has 0 unspecified atom stereocenters. The van der Waals surface area contributed by atoms with Gasteiger partial charge in [0.25, 0.3) is 5.91 Å². The summed E-state index contributed by atoms with van der Waals surface area (Å²) in [5.41, 5.74) is 0.883. The Morgan fingerprint density at radius 1 is 1.24 bits per heavy atom. The number of rotatable bonds is 4. The molecule has 3 aromatic rings. The third-order valence-corrected chi connectivity index (χ3v) is 5.41. The maximum Gasteiger partial charge on any atom is 0.261 e. The molecule has 1 saturated heterocycles. The topological polar surface area (TPSA) is 64.1 Å². The minimum Gasteiger partial charge on any atom is -0.370 e.